The molecule has 2 aromatic rings. The molecule has 0 atom stereocenters. The Hall–Kier alpha value is -3.28. The predicted molar refractivity (Wildman–Crippen MR) is 118 cm³/mol. The predicted octanol–water partition coefficient (Wildman–Crippen LogP) is 1.46. The number of anilines is 1. The molecule has 0 spiro atoms. The molecule has 12 nitrogen and oxygen atoms in total. The van der Waals surface area contributed by atoms with Gasteiger partial charge >= 0.3 is 11.9 Å². The van der Waals surface area contributed by atoms with Gasteiger partial charge in [0.1, 0.15) is 26.0 Å². The third kappa shape index (κ3) is 7.38. The van der Waals surface area contributed by atoms with Crippen molar-refractivity contribution in [2.75, 3.05) is 18.5 Å². The lowest BCUT2D eigenvalue weighted by atomic mass is 10.2. The van der Waals surface area contributed by atoms with Crippen LogP contribution in [0, 0.1) is 17.8 Å². The summed E-state index contributed by atoms with van der Waals surface area (Å²) in [6.07, 6.45) is 0.605. The SMILES string of the molecule is CC(C)C(=O)Nc1nc2c(ncn2COC(COC(=O)C(C)C)COC(=O)C(C)C)c(=O)[nH]1. The van der Waals surface area contributed by atoms with Crippen LogP contribution in [-0.2, 0) is 35.3 Å². The molecule has 1 amide bonds. The number of carbonyl (C=O) groups is 3. The summed E-state index contributed by atoms with van der Waals surface area (Å²) in [5, 5.41) is 2.54. The molecule has 0 aliphatic rings. The summed E-state index contributed by atoms with van der Waals surface area (Å²) in [4.78, 5) is 58.7. The molecular weight excluding hydrogens is 434 g/mol. The molecular formula is C21H31N5O7. The Morgan fingerprint density at radius 1 is 1.00 bits per heavy atom. The van der Waals surface area contributed by atoms with Crippen LogP contribution in [0.3, 0.4) is 0 Å². The summed E-state index contributed by atoms with van der Waals surface area (Å²) in [7, 11) is 0. The summed E-state index contributed by atoms with van der Waals surface area (Å²) in [5.41, 5.74) is -0.267. The molecule has 0 saturated carbocycles. The normalized spacial score (nSPS) is 11.6. The summed E-state index contributed by atoms with van der Waals surface area (Å²) >= 11 is 0. The zero-order valence-corrected chi connectivity index (χ0v) is 19.7. The molecule has 0 aliphatic carbocycles. The smallest absolute Gasteiger partial charge is 0.308 e. The van der Waals surface area contributed by atoms with E-state index in [0.29, 0.717) is 0 Å². The number of hydrogen-bond acceptors (Lipinski definition) is 9. The minimum absolute atomic E-state index is 0.0128. The minimum Gasteiger partial charge on any atom is -0.463 e. The Bertz CT molecular complexity index is 1020. The first-order valence-electron chi connectivity index (χ1n) is 10.7. The fourth-order valence-corrected chi connectivity index (χ4v) is 2.38. The monoisotopic (exact) mass is 465 g/mol. The van der Waals surface area contributed by atoms with E-state index in [0.717, 1.165) is 0 Å². The number of hydrogen-bond donors (Lipinski definition) is 2. The van der Waals surface area contributed by atoms with Crippen molar-refractivity contribution in [1.82, 2.24) is 19.5 Å². The quantitative estimate of drug-likeness (QED) is 0.469. The van der Waals surface area contributed by atoms with Crippen LogP contribution in [0.25, 0.3) is 11.2 Å². The Kier molecular flexibility index (Phi) is 9.09. The number of ether oxygens (including phenoxy) is 3. The molecule has 0 fully saturated rings. The number of nitrogens with zero attached hydrogens (tertiary/aromatic N) is 3. The van der Waals surface area contributed by atoms with Crippen LogP contribution < -0.4 is 10.9 Å². The van der Waals surface area contributed by atoms with Gasteiger partial charge < -0.3 is 14.2 Å². The topological polar surface area (TPSA) is 154 Å². The molecule has 0 aliphatic heterocycles. The molecule has 0 aromatic carbocycles. The second-order valence-corrected chi connectivity index (χ2v) is 8.43. The average Bonchev–Trinajstić information content (AvgIpc) is 3.15. The highest BCUT2D eigenvalue weighted by Gasteiger charge is 2.20. The molecule has 0 saturated heterocycles. The second-order valence-electron chi connectivity index (χ2n) is 8.43. The Labute approximate surface area is 191 Å². The molecule has 0 unspecified atom stereocenters. The van der Waals surface area contributed by atoms with E-state index in [4.69, 9.17) is 14.2 Å². The number of H-pyrrole nitrogens is 1. The molecule has 12 heteroatoms. The third-order valence-corrected chi connectivity index (χ3v) is 4.46. The van der Waals surface area contributed by atoms with Crippen LogP contribution in [0.5, 0.6) is 0 Å². The highest BCUT2D eigenvalue weighted by atomic mass is 16.6. The molecule has 0 bridgehead atoms. The first-order chi connectivity index (χ1) is 15.5. The minimum atomic E-state index is -0.755. The van der Waals surface area contributed by atoms with Crippen LogP contribution in [-0.4, -0.2) is 56.7 Å². The van der Waals surface area contributed by atoms with Crippen molar-refractivity contribution in [3.05, 3.63) is 16.7 Å². The highest BCUT2D eigenvalue weighted by Crippen LogP contribution is 2.11. The van der Waals surface area contributed by atoms with Crippen LogP contribution in [0.1, 0.15) is 41.5 Å². The maximum atomic E-state index is 12.3. The largest absolute Gasteiger partial charge is 0.463 e. The van der Waals surface area contributed by atoms with Crippen LogP contribution in [0.2, 0.25) is 0 Å². The summed E-state index contributed by atoms with van der Waals surface area (Å²) in [6, 6.07) is 0. The van der Waals surface area contributed by atoms with Gasteiger partial charge in [0.15, 0.2) is 11.2 Å². The van der Waals surface area contributed by atoms with Gasteiger partial charge in [-0.15, -0.1) is 0 Å². The van der Waals surface area contributed by atoms with E-state index in [1.807, 2.05) is 0 Å². The second kappa shape index (κ2) is 11.5. The van der Waals surface area contributed by atoms with Gasteiger partial charge in [0.05, 0.1) is 18.2 Å². The maximum absolute atomic E-state index is 12.3. The first-order valence-corrected chi connectivity index (χ1v) is 10.7. The lowest BCUT2D eigenvalue weighted by Crippen LogP contribution is -2.31. The Morgan fingerprint density at radius 3 is 2.09 bits per heavy atom. The fourth-order valence-electron chi connectivity index (χ4n) is 2.38. The van der Waals surface area contributed by atoms with E-state index in [-0.39, 0.29) is 60.7 Å². The van der Waals surface area contributed by atoms with Gasteiger partial charge in [-0.05, 0) is 0 Å². The number of nitrogens with one attached hydrogen (secondary N) is 2. The van der Waals surface area contributed by atoms with E-state index in [1.54, 1.807) is 41.5 Å². The van der Waals surface area contributed by atoms with Gasteiger partial charge in [0.2, 0.25) is 11.9 Å². The Balaban J connectivity index is 2.16. The van der Waals surface area contributed by atoms with Gasteiger partial charge in [0.25, 0.3) is 5.56 Å². The van der Waals surface area contributed by atoms with Crippen molar-refractivity contribution in [2.45, 2.75) is 54.4 Å². The molecule has 33 heavy (non-hydrogen) atoms. The van der Waals surface area contributed by atoms with Crippen molar-refractivity contribution in [3.63, 3.8) is 0 Å². The van der Waals surface area contributed by atoms with Crippen LogP contribution in [0.4, 0.5) is 5.95 Å². The van der Waals surface area contributed by atoms with Crippen molar-refractivity contribution in [2.24, 2.45) is 17.8 Å². The molecule has 2 rings (SSSR count). The number of amides is 1. The third-order valence-electron chi connectivity index (χ3n) is 4.46. The summed E-state index contributed by atoms with van der Waals surface area (Å²) in [5.74, 6) is -2.09. The number of fused-ring (bicyclic) bond motifs is 1. The summed E-state index contributed by atoms with van der Waals surface area (Å²) < 4.78 is 17.7. The zero-order valence-electron chi connectivity index (χ0n) is 19.7. The van der Waals surface area contributed by atoms with E-state index < -0.39 is 23.6 Å². The Morgan fingerprint density at radius 2 is 1.58 bits per heavy atom. The number of imidazole rings is 1. The standard InChI is InChI=1S/C21H31N5O7/c1-11(2)17(27)24-21-23-16-15(18(28)25-21)22-9-26(16)10-33-14(7-31-19(29)12(3)4)8-32-20(30)13(5)6/h9,11-14H,7-8,10H2,1-6H3,(H2,23,24,25,27,28). The van der Waals surface area contributed by atoms with Crippen molar-refractivity contribution in [1.29, 1.82) is 0 Å². The number of aromatic amines is 1. The van der Waals surface area contributed by atoms with Crippen molar-refractivity contribution < 1.29 is 28.6 Å². The lowest BCUT2D eigenvalue weighted by Gasteiger charge is -2.19. The van der Waals surface area contributed by atoms with Crippen molar-refractivity contribution >= 4 is 35.0 Å². The number of esters is 2. The van der Waals surface area contributed by atoms with Crippen molar-refractivity contribution in [3.8, 4) is 0 Å². The average molecular weight is 466 g/mol. The van der Waals surface area contributed by atoms with Gasteiger partial charge in [-0.25, -0.2) is 4.98 Å². The highest BCUT2D eigenvalue weighted by molar-refractivity contribution is 5.91. The molecule has 2 heterocycles. The van der Waals surface area contributed by atoms with E-state index in [2.05, 4.69) is 20.3 Å². The van der Waals surface area contributed by atoms with E-state index in [9.17, 15) is 19.2 Å². The van der Waals surface area contributed by atoms with Crippen LogP contribution in [0.15, 0.2) is 11.1 Å². The first kappa shape index (κ1) is 26.0. The maximum Gasteiger partial charge on any atom is 0.308 e. The number of aromatic nitrogens is 4. The molecule has 0 radical (unpaired) electrons. The van der Waals surface area contributed by atoms with Gasteiger partial charge in [-0.2, -0.15) is 4.98 Å². The number of carbonyl (C=O) groups excluding carboxylic acids is 3. The molecule has 2 aromatic heterocycles. The van der Waals surface area contributed by atoms with Crippen LogP contribution >= 0.6 is 0 Å². The zero-order chi connectivity index (χ0) is 24.7. The van der Waals surface area contributed by atoms with E-state index >= 15 is 0 Å². The van der Waals surface area contributed by atoms with Gasteiger partial charge in [-0.3, -0.25) is 34.0 Å². The molecule has 2 N–H and O–H groups in total. The summed E-state index contributed by atoms with van der Waals surface area (Å²) in [6.45, 7) is 9.86. The lowest BCUT2D eigenvalue weighted by molar-refractivity contribution is -0.161. The van der Waals surface area contributed by atoms with Gasteiger partial charge in [0, 0.05) is 5.92 Å². The number of rotatable bonds is 11. The van der Waals surface area contributed by atoms with Gasteiger partial charge in [-0.1, -0.05) is 41.5 Å². The fraction of sp³-hybridized carbons (Fsp3) is 0.619. The van der Waals surface area contributed by atoms with E-state index in [1.165, 1.54) is 10.9 Å². The molecule has 182 valence electrons.